The minimum absolute atomic E-state index is 0. The Hall–Kier alpha value is -0.740. The molecule has 0 bridgehead atoms. The molecule has 5 heteroatoms. The van der Waals surface area contributed by atoms with Gasteiger partial charge in [0.25, 0.3) is 0 Å². The number of nitrogens with zero attached hydrogens (tertiary/aromatic N) is 1. The van der Waals surface area contributed by atoms with Crippen molar-refractivity contribution in [1.82, 2.24) is 4.98 Å². The smallest absolute Gasteiger partial charge is 0.144 e. The zero-order chi connectivity index (χ0) is 10.6. The van der Waals surface area contributed by atoms with Crippen LogP contribution in [0.2, 0.25) is 0 Å². The van der Waals surface area contributed by atoms with E-state index in [2.05, 4.69) is 4.98 Å². The average molecular weight is 237 g/mol. The van der Waals surface area contributed by atoms with Crippen molar-refractivity contribution in [3.8, 4) is 0 Å². The Balaban J connectivity index is 0.00000196. The number of hydrogen-bond donors (Lipinski definition) is 1. The first-order valence-electron chi connectivity index (χ1n) is 4.64. The van der Waals surface area contributed by atoms with E-state index in [0.29, 0.717) is 6.42 Å². The average Bonchev–Trinajstić information content (AvgIpc) is 2.20. The normalized spacial score (nSPS) is 14.1. The molecule has 15 heavy (non-hydrogen) atoms. The molecule has 2 nitrogen and oxygen atoms in total. The maximum atomic E-state index is 13.1. The van der Waals surface area contributed by atoms with Crippen LogP contribution in [0.4, 0.5) is 8.78 Å². The minimum atomic E-state index is -1.10. The van der Waals surface area contributed by atoms with Crippen molar-refractivity contribution >= 4 is 12.4 Å². The third-order valence-corrected chi connectivity index (χ3v) is 2.12. The zero-order valence-electron chi connectivity index (χ0n) is 8.49. The van der Waals surface area contributed by atoms with Gasteiger partial charge in [0.05, 0.1) is 5.69 Å². The fourth-order valence-electron chi connectivity index (χ4n) is 1.22. The second-order valence-corrected chi connectivity index (χ2v) is 3.22. The van der Waals surface area contributed by atoms with E-state index < -0.39 is 18.0 Å². The molecule has 2 atom stereocenters. The van der Waals surface area contributed by atoms with Crippen molar-refractivity contribution in [1.29, 1.82) is 0 Å². The van der Waals surface area contributed by atoms with Gasteiger partial charge in [-0.15, -0.1) is 12.4 Å². The second kappa shape index (κ2) is 6.69. The summed E-state index contributed by atoms with van der Waals surface area (Å²) in [6.07, 6.45) is 0.859. The van der Waals surface area contributed by atoms with E-state index in [1.165, 1.54) is 18.3 Å². The van der Waals surface area contributed by atoms with Gasteiger partial charge in [-0.25, -0.2) is 8.78 Å². The van der Waals surface area contributed by atoms with Crippen LogP contribution >= 0.6 is 12.4 Å². The lowest BCUT2D eigenvalue weighted by molar-refractivity contribution is 0.270. The van der Waals surface area contributed by atoms with Gasteiger partial charge in [0.1, 0.15) is 12.0 Å². The molecule has 1 aromatic rings. The fourth-order valence-corrected chi connectivity index (χ4v) is 1.22. The van der Waals surface area contributed by atoms with E-state index in [0.717, 1.165) is 0 Å². The van der Waals surface area contributed by atoms with Gasteiger partial charge in [-0.05, 0) is 18.6 Å². The lowest BCUT2D eigenvalue weighted by atomic mass is 10.1. The van der Waals surface area contributed by atoms with Crippen LogP contribution in [0.1, 0.15) is 19.0 Å². The predicted molar refractivity (Wildman–Crippen MR) is 58.3 cm³/mol. The van der Waals surface area contributed by atoms with E-state index in [1.54, 1.807) is 6.92 Å². The van der Waals surface area contributed by atoms with Crippen LogP contribution in [0.3, 0.4) is 0 Å². The SMILES string of the molecule is CC[C@@H](F)[C@H](N)Cc1ncccc1F.Cl. The molecule has 1 rings (SSSR count). The molecule has 86 valence electrons. The number of rotatable bonds is 4. The largest absolute Gasteiger partial charge is 0.325 e. The Bertz CT molecular complexity index is 297. The van der Waals surface area contributed by atoms with Crippen LogP contribution in [-0.4, -0.2) is 17.2 Å². The van der Waals surface area contributed by atoms with Crippen LogP contribution in [0.5, 0.6) is 0 Å². The number of aromatic nitrogens is 1. The highest BCUT2D eigenvalue weighted by molar-refractivity contribution is 5.85. The van der Waals surface area contributed by atoms with Gasteiger partial charge in [0.15, 0.2) is 0 Å². The lowest BCUT2D eigenvalue weighted by Crippen LogP contribution is -2.33. The Labute approximate surface area is 94.3 Å². The molecule has 0 fully saturated rings. The van der Waals surface area contributed by atoms with Gasteiger partial charge in [-0.3, -0.25) is 4.98 Å². The van der Waals surface area contributed by atoms with Crippen molar-refractivity contribution in [3.63, 3.8) is 0 Å². The first-order chi connectivity index (χ1) is 6.65. The second-order valence-electron chi connectivity index (χ2n) is 3.22. The number of nitrogens with two attached hydrogens (primary N) is 1. The van der Waals surface area contributed by atoms with Crippen LogP contribution in [0.25, 0.3) is 0 Å². The molecule has 0 spiro atoms. The molecular weight excluding hydrogens is 222 g/mol. The Morgan fingerprint density at radius 3 is 2.73 bits per heavy atom. The van der Waals surface area contributed by atoms with Crippen LogP contribution in [-0.2, 0) is 6.42 Å². The van der Waals surface area contributed by atoms with Gasteiger partial charge in [0.2, 0.25) is 0 Å². The van der Waals surface area contributed by atoms with E-state index in [9.17, 15) is 8.78 Å². The molecule has 0 amide bonds. The molecule has 0 radical (unpaired) electrons. The Morgan fingerprint density at radius 2 is 2.20 bits per heavy atom. The molecule has 0 saturated heterocycles. The van der Waals surface area contributed by atoms with E-state index in [-0.39, 0.29) is 24.5 Å². The zero-order valence-corrected chi connectivity index (χ0v) is 9.31. The molecule has 0 unspecified atom stereocenters. The van der Waals surface area contributed by atoms with Crippen molar-refractivity contribution in [2.75, 3.05) is 0 Å². The predicted octanol–water partition coefficient (Wildman–Crippen LogP) is 2.26. The summed E-state index contributed by atoms with van der Waals surface area (Å²) in [5, 5.41) is 0. The summed E-state index contributed by atoms with van der Waals surface area (Å²) < 4.78 is 26.1. The summed E-state index contributed by atoms with van der Waals surface area (Å²) >= 11 is 0. The monoisotopic (exact) mass is 236 g/mol. The topological polar surface area (TPSA) is 38.9 Å². The maximum absolute atomic E-state index is 13.1. The summed E-state index contributed by atoms with van der Waals surface area (Å²) in [4.78, 5) is 3.81. The Kier molecular flexibility index (Phi) is 6.36. The third-order valence-electron chi connectivity index (χ3n) is 2.12. The van der Waals surface area contributed by atoms with Gasteiger partial charge in [-0.1, -0.05) is 6.92 Å². The number of alkyl halides is 1. The van der Waals surface area contributed by atoms with Gasteiger partial charge >= 0.3 is 0 Å². The van der Waals surface area contributed by atoms with Crippen LogP contribution < -0.4 is 5.73 Å². The molecule has 0 aliphatic rings. The molecule has 1 heterocycles. The number of hydrogen-bond acceptors (Lipinski definition) is 2. The standard InChI is InChI=1S/C10H14F2N2.ClH/c1-2-7(11)9(13)6-10-8(12)4-3-5-14-10;/h3-5,7,9H,2,6,13H2,1H3;1H/t7-,9-;/m1./s1. The summed E-state index contributed by atoms with van der Waals surface area (Å²) in [5.74, 6) is -0.425. The number of halogens is 3. The minimum Gasteiger partial charge on any atom is -0.325 e. The van der Waals surface area contributed by atoms with E-state index in [1.807, 2.05) is 0 Å². The van der Waals surface area contributed by atoms with Gasteiger partial charge in [-0.2, -0.15) is 0 Å². The van der Waals surface area contributed by atoms with E-state index >= 15 is 0 Å². The molecule has 2 N–H and O–H groups in total. The first-order valence-corrected chi connectivity index (χ1v) is 4.64. The molecule has 0 aromatic carbocycles. The first kappa shape index (κ1) is 14.3. The van der Waals surface area contributed by atoms with Crippen molar-refractivity contribution in [3.05, 3.63) is 29.8 Å². The molecule has 0 saturated carbocycles. The molecule has 1 aromatic heterocycles. The van der Waals surface area contributed by atoms with Gasteiger partial charge < -0.3 is 5.73 Å². The molecule has 0 aliphatic heterocycles. The maximum Gasteiger partial charge on any atom is 0.144 e. The highest BCUT2D eigenvalue weighted by Gasteiger charge is 2.17. The summed E-state index contributed by atoms with van der Waals surface area (Å²) in [6, 6.07) is 2.12. The summed E-state index contributed by atoms with van der Waals surface area (Å²) in [7, 11) is 0. The van der Waals surface area contributed by atoms with Crippen molar-refractivity contribution < 1.29 is 8.78 Å². The van der Waals surface area contributed by atoms with E-state index in [4.69, 9.17) is 5.73 Å². The molecule has 0 aliphatic carbocycles. The van der Waals surface area contributed by atoms with Crippen LogP contribution in [0.15, 0.2) is 18.3 Å². The fraction of sp³-hybridized carbons (Fsp3) is 0.500. The highest BCUT2D eigenvalue weighted by Crippen LogP contribution is 2.10. The third kappa shape index (κ3) is 4.10. The van der Waals surface area contributed by atoms with Crippen molar-refractivity contribution in [2.24, 2.45) is 5.73 Å². The Morgan fingerprint density at radius 1 is 1.53 bits per heavy atom. The quantitative estimate of drug-likeness (QED) is 0.871. The summed E-state index contributed by atoms with van der Waals surface area (Å²) in [5.41, 5.74) is 5.78. The van der Waals surface area contributed by atoms with Crippen LogP contribution in [0, 0.1) is 5.82 Å². The number of pyridine rings is 1. The highest BCUT2D eigenvalue weighted by atomic mass is 35.5. The lowest BCUT2D eigenvalue weighted by Gasteiger charge is -2.14. The van der Waals surface area contributed by atoms with Crippen molar-refractivity contribution in [2.45, 2.75) is 32.0 Å². The van der Waals surface area contributed by atoms with Gasteiger partial charge in [0, 0.05) is 18.7 Å². The molecular formula is C10H15ClF2N2. The summed E-state index contributed by atoms with van der Waals surface area (Å²) in [6.45, 7) is 1.71.